The number of anilines is 1. The highest BCUT2D eigenvalue weighted by Gasteiger charge is 2.34. The number of benzene rings is 1. The number of hydrogen-bond acceptors (Lipinski definition) is 4. The molecule has 1 aromatic heterocycles. The standard InChI is InChI=1S/C17H19BrN2O3S2/c1-19(14-5-3-2-4-6-14)17(21)13-9-11-20(12-10-13)25(22,23)16-8-7-15(18)24-16/h2-8,13H,9-12H2,1H3. The second-order valence-electron chi connectivity index (χ2n) is 5.97. The average molecular weight is 443 g/mol. The summed E-state index contributed by atoms with van der Waals surface area (Å²) in [5.74, 6) is -0.103. The van der Waals surface area contributed by atoms with E-state index in [9.17, 15) is 13.2 Å². The summed E-state index contributed by atoms with van der Waals surface area (Å²) in [5.41, 5.74) is 0.853. The number of nitrogens with zero attached hydrogens (tertiary/aromatic N) is 2. The molecule has 0 N–H and O–H groups in total. The molecule has 2 heterocycles. The molecule has 5 nitrogen and oxygen atoms in total. The minimum absolute atomic E-state index is 0.0436. The number of para-hydroxylation sites is 1. The van der Waals surface area contributed by atoms with Crippen LogP contribution in [0, 0.1) is 5.92 Å². The summed E-state index contributed by atoms with van der Waals surface area (Å²) >= 11 is 4.51. The van der Waals surface area contributed by atoms with Gasteiger partial charge in [0.25, 0.3) is 10.0 Å². The van der Waals surface area contributed by atoms with Crippen LogP contribution in [0.4, 0.5) is 5.69 Å². The lowest BCUT2D eigenvalue weighted by Gasteiger charge is -2.32. The summed E-state index contributed by atoms with van der Waals surface area (Å²) < 4.78 is 27.9. The Bertz CT molecular complexity index is 844. The molecule has 134 valence electrons. The molecule has 0 aliphatic carbocycles. The Morgan fingerprint density at radius 1 is 1.16 bits per heavy atom. The van der Waals surface area contributed by atoms with Crippen molar-refractivity contribution in [1.82, 2.24) is 4.31 Å². The van der Waals surface area contributed by atoms with Crippen LogP contribution >= 0.6 is 27.3 Å². The van der Waals surface area contributed by atoms with Crippen molar-refractivity contribution in [2.75, 3.05) is 25.0 Å². The Morgan fingerprint density at radius 3 is 2.36 bits per heavy atom. The van der Waals surface area contributed by atoms with Gasteiger partial charge in [-0.3, -0.25) is 4.79 Å². The third-order valence-corrected chi connectivity index (χ3v) is 8.41. The van der Waals surface area contributed by atoms with Gasteiger partial charge < -0.3 is 4.90 Å². The smallest absolute Gasteiger partial charge is 0.252 e. The van der Waals surface area contributed by atoms with Crippen molar-refractivity contribution in [2.24, 2.45) is 5.92 Å². The van der Waals surface area contributed by atoms with Crippen LogP contribution in [0.3, 0.4) is 0 Å². The summed E-state index contributed by atoms with van der Waals surface area (Å²) in [6.45, 7) is 0.744. The second-order valence-corrected chi connectivity index (χ2v) is 10.6. The molecule has 1 aliphatic rings. The molecule has 1 aliphatic heterocycles. The van der Waals surface area contributed by atoms with Crippen LogP contribution in [0.15, 0.2) is 50.5 Å². The maximum atomic E-state index is 12.7. The highest BCUT2D eigenvalue weighted by Crippen LogP contribution is 2.31. The van der Waals surface area contributed by atoms with E-state index in [2.05, 4.69) is 15.9 Å². The molecule has 0 bridgehead atoms. The number of piperidine rings is 1. The van der Waals surface area contributed by atoms with Gasteiger partial charge in [-0.25, -0.2) is 8.42 Å². The SMILES string of the molecule is CN(C(=O)C1CCN(S(=O)(=O)c2ccc(Br)s2)CC1)c1ccccc1. The van der Waals surface area contributed by atoms with Crippen LogP contribution in [0.2, 0.25) is 0 Å². The van der Waals surface area contributed by atoms with Gasteiger partial charge in [0.2, 0.25) is 5.91 Å². The number of sulfonamides is 1. The fourth-order valence-electron chi connectivity index (χ4n) is 2.96. The molecule has 2 aromatic rings. The molecule has 0 atom stereocenters. The van der Waals surface area contributed by atoms with Gasteiger partial charge in [-0.1, -0.05) is 18.2 Å². The first-order valence-electron chi connectivity index (χ1n) is 7.97. The van der Waals surface area contributed by atoms with E-state index in [0.717, 1.165) is 9.47 Å². The van der Waals surface area contributed by atoms with Gasteiger partial charge >= 0.3 is 0 Å². The molecular weight excluding hydrogens is 424 g/mol. The lowest BCUT2D eigenvalue weighted by Crippen LogP contribution is -2.43. The first-order chi connectivity index (χ1) is 11.9. The van der Waals surface area contributed by atoms with Gasteiger partial charge in [0, 0.05) is 31.7 Å². The van der Waals surface area contributed by atoms with E-state index in [-0.39, 0.29) is 11.8 Å². The monoisotopic (exact) mass is 442 g/mol. The molecular formula is C17H19BrN2O3S2. The average Bonchev–Trinajstić information content (AvgIpc) is 3.08. The summed E-state index contributed by atoms with van der Waals surface area (Å²) in [7, 11) is -1.70. The van der Waals surface area contributed by atoms with Crippen molar-refractivity contribution in [2.45, 2.75) is 17.1 Å². The molecule has 25 heavy (non-hydrogen) atoms. The van der Waals surface area contributed by atoms with Gasteiger partial charge in [-0.15, -0.1) is 11.3 Å². The number of hydrogen-bond donors (Lipinski definition) is 0. The number of thiophene rings is 1. The number of carbonyl (C=O) groups excluding carboxylic acids is 1. The maximum absolute atomic E-state index is 12.7. The third-order valence-electron chi connectivity index (χ3n) is 4.42. The summed E-state index contributed by atoms with van der Waals surface area (Å²) in [6.07, 6.45) is 1.09. The van der Waals surface area contributed by atoms with E-state index >= 15 is 0 Å². The molecule has 1 fully saturated rings. The van der Waals surface area contributed by atoms with Crippen LogP contribution < -0.4 is 4.90 Å². The molecule has 1 saturated heterocycles. The lowest BCUT2D eigenvalue weighted by atomic mass is 9.96. The molecule has 8 heteroatoms. The Hall–Kier alpha value is -1.22. The molecule has 0 radical (unpaired) electrons. The van der Waals surface area contributed by atoms with E-state index in [1.165, 1.54) is 15.6 Å². The van der Waals surface area contributed by atoms with Gasteiger partial charge in [0.1, 0.15) is 4.21 Å². The summed E-state index contributed by atoms with van der Waals surface area (Å²) in [5, 5.41) is 0. The largest absolute Gasteiger partial charge is 0.315 e. The summed E-state index contributed by atoms with van der Waals surface area (Å²) in [6, 6.07) is 12.8. The van der Waals surface area contributed by atoms with Crippen LogP contribution in [-0.4, -0.2) is 38.8 Å². The maximum Gasteiger partial charge on any atom is 0.252 e. The quantitative estimate of drug-likeness (QED) is 0.726. The number of rotatable bonds is 4. The van der Waals surface area contributed by atoms with Gasteiger partial charge in [-0.2, -0.15) is 4.31 Å². The van der Waals surface area contributed by atoms with Gasteiger partial charge in [-0.05, 0) is 53.0 Å². The van der Waals surface area contributed by atoms with Crippen molar-refractivity contribution in [3.05, 3.63) is 46.3 Å². The van der Waals surface area contributed by atoms with Crippen molar-refractivity contribution >= 4 is 48.9 Å². The summed E-state index contributed by atoms with van der Waals surface area (Å²) in [4.78, 5) is 14.3. The second kappa shape index (κ2) is 7.57. The number of carbonyl (C=O) groups is 1. The first-order valence-corrected chi connectivity index (χ1v) is 11.0. The van der Waals surface area contributed by atoms with E-state index in [1.54, 1.807) is 24.1 Å². The van der Waals surface area contributed by atoms with E-state index < -0.39 is 10.0 Å². The first kappa shape index (κ1) is 18.6. The van der Waals surface area contributed by atoms with Crippen LogP contribution in [0.5, 0.6) is 0 Å². The van der Waals surface area contributed by atoms with E-state index in [1.807, 2.05) is 30.3 Å². The fraction of sp³-hybridized carbons (Fsp3) is 0.353. The third kappa shape index (κ3) is 3.97. The fourth-order valence-corrected chi connectivity index (χ4v) is 6.59. The van der Waals surface area contributed by atoms with Crippen molar-refractivity contribution in [3.63, 3.8) is 0 Å². The van der Waals surface area contributed by atoms with Crippen molar-refractivity contribution < 1.29 is 13.2 Å². The predicted octanol–water partition coefficient (Wildman–Crippen LogP) is 3.57. The van der Waals surface area contributed by atoms with Crippen molar-refractivity contribution in [3.8, 4) is 0 Å². The van der Waals surface area contributed by atoms with Crippen LogP contribution in [0.25, 0.3) is 0 Å². The van der Waals surface area contributed by atoms with E-state index in [4.69, 9.17) is 0 Å². The molecule has 0 spiro atoms. The zero-order chi connectivity index (χ0) is 18.0. The molecule has 3 rings (SSSR count). The molecule has 1 aromatic carbocycles. The zero-order valence-electron chi connectivity index (χ0n) is 13.8. The molecule has 0 unspecified atom stereocenters. The Morgan fingerprint density at radius 2 is 1.80 bits per heavy atom. The highest BCUT2D eigenvalue weighted by molar-refractivity contribution is 9.11. The van der Waals surface area contributed by atoms with Crippen LogP contribution in [0.1, 0.15) is 12.8 Å². The normalized spacial score (nSPS) is 16.7. The minimum Gasteiger partial charge on any atom is -0.315 e. The lowest BCUT2D eigenvalue weighted by molar-refractivity contribution is -0.123. The predicted molar refractivity (Wildman–Crippen MR) is 103 cm³/mol. The van der Waals surface area contributed by atoms with Gasteiger partial charge in [0.15, 0.2) is 0 Å². The molecule has 0 saturated carbocycles. The van der Waals surface area contributed by atoms with E-state index in [0.29, 0.717) is 30.1 Å². The number of halogens is 1. The minimum atomic E-state index is -3.47. The highest BCUT2D eigenvalue weighted by atomic mass is 79.9. The van der Waals surface area contributed by atoms with Crippen molar-refractivity contribution in [1.29, 1.82) is 0 Å². The zero-order valence-corrected chi connectivity index (χ0v) is 17.0. The van der Waals surface area contributed by atoms with Gasteiger partial charge in [0.05, 0.1) is 3.79 Å². The Labute approximate surface area is 160 Å². The van der Waals surface area contributed by atoms with Crippen LogP contribution in [-0.2, 0) is 14.8 Å². The number of amides is 1. The molecule has 1 amide bonds. The Balaban J connectivity index is 1.65. The Kier molecular flexibility index (Phi) is 5.62. The topological polar surface area (TPSA) is 57.7 Å².